The number of nitrogens with one attached hydrogen (secondary N) is 1. The molecule has 0 aliphatic rings. The Morgan fingerprint density at radius 2 is 2.29 bits per heavy atom. The number of aromatic carboxylic acids is 1. The number of thiophene rings is 1. The summed E-state index contributed by atoms with van der Waals surface area (Å²) in [7, 11) is 1.64. The molecule has 3 rings (SSSR count). The molecule has 21 heavy (non-hydrogen) atoms. The number of carboxylic acids is 1. The molecule has 0 spiro atoms. The van der Waals surface area contributed by atoms with Crippen molar-refractivity contribution in [1.29, 1.82) is 0 Å². The van der Waals surface area contributed by atoms with Crippen molar-refractivity contribution >= 4 is 40.6 Å². The standard InChI is InChI=1S/C13H9N3O3S2/c1-16-10-9(11(17)15-13(16)20)6(12(18)19)5-7(14-10)8-3-2-4-21-8/h2-5H,1H3,(H,18,19)(H,15,17,20). The molecule has 3 aromatic heterocycles. The molecule has 0 atom stereocenters. The Bertz CT molecular complexity index is 971. The zero-order valence-corrected chi connectivity index (χ0v) is 12.4. The third-order valence-electron chi connectivity index (χ3n) is 3.07. The van der Waals surface area contributed by atoms with Crippen LogP contribution in [0.15, 0.2) is 28.4 Å². The van der Waals surface area contributed by atoms with Crippen molar-refractivity contribution in [3.8, 4) is 10.6 Å². The number of hydrogen-bond acceptors (Lipinski definition) is 5. The van der Waals surface area contributed by atoms with Crippen LogP contribution in [0.1, 0.15) is 10.4 Å². The maximum Gasteiger partial charge on any atom is 0.336 e. The fourth-order valence-corrected chi connectivity index (χ4v) is 2.92. The van der Waals surface area contributed by atoms with Gasteiger partial charge in [0.15, 0.2) is 4.77 Å². The number of carboxylic acid groups (broad SMARTS) is 1. The minimum Gasteiger partial charge on any atom is -0.478 e. The van der Waals surface area contributed by atoms with Crippen LogP contribution in [0.4, 0.5) is 0 Å². The van der Waals surface area contributed by atoms with Crippen LogP contribution in [-0.4, -0.2) is 25.6 Å². The summed E-state index contributed by atoms with van der Waals surface area (Å²) < 4.78 is 1.69. The summed E-state index contributed by atoms with van der Waals surface area (Å²) in [6.45, 7) is 0. The number of carbonyl (C=O) groups is 1. The van der Waals surface area contributed by atoms with Crippen molar-refractivity contribution in [2.75, 3.05) is 0 Å². The minimum atomic E-state index is -1.18. The fraction of sp³-hybridized carbons (Fsp3) is 0.0769. The van der Waals surface area contributed by atoms with Crippen LogP contribution in [0, 0.1) is 4.77 Å². The summed E-state index contributed by atoms with van der Waals surface area (Å²) >= 11 is 6.49. The van der Waals surface area contributed by atoms with E-state index in [1.165, 1.54) is 22.0 Å². The molecule has 2 N–H and O–H groups in total. The van der Waals surface area contributed by atoms with Crippen molar-refractivity contribution in [1.82, 2.24) is 14.5 Å². The Hall–Kier alpha value is -2.32. The summed E-state index contributed by atoms with van der Waals surface area (Å²) in [5, 5.41) is 11.3. The van der Waals surface area contributed by atoms with E-state index >= 15 is 0 Å². The van der Waals surface area contributed by atoms with E-state index in [0.717, 1.165) is 4.88 Å². The van der Waals surface area contributed by atoms with Crippen LogP contribution < -0.4 is 5.56 Å². The summed E-state index contributed by atoms with van der Waals surface area (Å²) in [4.78, 5) is 31.2. The fourth-order valence-electron chi connectivity index (χ4n) is 2.06. The first-order valence-corrected chi connectivity index (χ1v) is 7.19. The Balaban J connectivity index is 2.52. The number of hydrogen-bond donors (Lipinski definition) is 2. The van der Waals surface area contributed by atoms with Crippen LogP contribution in [0.25, 0.3) is 21.6 Å². The number of fused-ring (bicyclic) bond motifs is 1. The summed E-state index contributed by atoms with van der Waals surface area (Å²) in [6.07, 6.45) is 0. The van der Waals surface area contributed by atoms with E-state index in [1.54, 1.807) is 7.05 Å². The molecule has 0 aromatic carbocycles. The van der Waals surface area contributed by atoms with Crippen molar-refractivity contribution in [2.45, 2.75) is 0 Å². The highest BCUT2D eigenvalue weighted by atomic mass is 32.1. The summed E-state index contributed by atoms with van der Waals surface area (Å²) in [5.74, 6) is -1.18. The number of pyridine rings is 1. The lowest BCUT2D eigenvalue weighted by molar-refractivity contribution is 0.0699. The van der Waals surface area contributed by atoms with Gasteiger partial charge in [-0.1, -0.05) is 6.07 Å². The average Bonchev–Trinajstić information content (AvgIpc) is 2.97. The van der Waals surface area contributed by atoms with E-state index in [0.29, 0.717) is 5.69 Å². The molecule has 0 unspecified atom stereocenters. The monoisotopic (exact) mass is 319 g/mol. The van der Waals surface area contributed by atoms with Crippen molar-refractivity contribution in [2.24, 2.45) is 7.05 Å². The Labute approximate surface area is 127 Å². The average molecular weight is 319 g/mol. The first-order chi connectivity index (χ1) is 9.99. The molecule has 0 amide bonds. The number of H-pyrrole nitrogens is 1. The Morgan fingerprint density at radius 3 is 2.90 bits per heavy atom. The highest BCUT2D eigenvalue weighted by molar-refractivity contribution is 7.71. The molecule has 106 valence electrons. The van der Waals surface area contributed by atoms with Gasteiger partial charge in [-0.25, -0.2) is 9.78 Å². The summed E-state index contributed by atoms with van der Waals surface area (Å²) in [5.41, 5.74) is 0.128. The Kier molecular flexibility index (Phi) is 3.19. The molecule has 3 aromatic rings. The molecule has 0 radical (unpaired) electrons. The lowest BCUT2D eigenvalue weighted by Gasteiger charge is -2.08. The van der Waals surface area contributed by atoms with E-state index in [9.17, 15) is 14.7 Å². The predicted molar refractivity (Wildman–Crippen MR) is 82.4 cm³/mol. The number of rotatable bonds is 2. The molecule has 6 nitrogen and oxygen atoms in total. The van der Waals surface area contributed by atoms with Gasteiger partial charge in [-0.2, -0.15) is 0 Å². The normalized spacial score (nSPS) is 10.9. The van der Waals surface area contributed by atoms with Gasteiger partial charge < -0.3 is 9.67 Å². The maximum absolute atomic E-state index is 12.0. The second-order valence-electron chi connectivity index (χ2n) is 4.35. The Morgan fingerprint density at radius 1 is 1.52 bits per heavy atom. The van der Waals surface area contributed by atoms with Gasteiger partial charge in [-0.15, -0.1) is 11.3 Å². The molecule has 0 saturated heterocycles. The molecule has 0 saturated carbocycles. The van der Waals surface area contributed by atoms with E-state index < -0.39 is 11.5 Å². The van der Waals surface area contributed by atoms with E-state index in [2.05, 4.69) is 9.97 Å². The third kappa shape index (κ3) is 2.18. The lowest BCUT2D eigenvalue weighted by atomic mass is 10.1. The maximum atomic E-state index is 12.0. The quantitative estimate of drug-likeness (QED) is 0.708. The molecule has 0 aliphatic carbocycles. The second kappa shape index (κ2) is 4.90. The van der Waals surface area contributed by atoms with Crippen LogP contribution in [0.5, 0.6) is 0 Å². The van der Waals surface area contributed by atoms with Gasteiger partial charge in [0.05, 0.1) is 21.5 Å². The molecular formula is C13H9N3O3S2. The van der Waals surface area contributed by atoms with Crippen molar-refractivity contribution < 1.29 is 9.90 Å². The van der Waals surface area contributed by atoms with E-state index in [4.69, 9.17) is 12.2 Å². The smallest absolute Gasteiger partial charge is 0.336 e. The number of aryl methyl sites for hydroxylation is 1. The zero-order chi connectivity index (χ0) is 15.1. The number of aromatic nitrogens is 3. The van der Waals surface area contributed by atoms with Gasteiger partial charge in [0.2, 0.25) is 0 Å². The van der Waals surface area contributed by atoms with Crippen LogP contribution in [0.2, 0.25) is 0 Å². The molecule has 0 aliphatic heterocycles. The lowest BCUT2D eigenvalue weighted by Crippen LogP contribution is -2.17. The predicted octanol–water partition coefficient (Wildman–Crippen LogP) is 2.42. The summed E-state index contributed by atoms with van der Waals surface area (Å²) in [6, 6.07) is 5.10. The molecular weight excluding hydrogens is 310 g/mol. The van der Waals surface area contributed by atoms with Crippen LogP contribution >= 0.6 is 23.6 Å². The molecule has 0 bridgehead atoms. The van der Waals surface area contributed by atoms with Crippen molar-refractivity contribution in [3.05, 3.63) is 44.3 Å². The minimum absolute atomic E-state index is 0.0268. The number of aromatic amines is 1. The number of nitrogens with zero attached hydrogens (tertiary/aromatic N) is 2. The van der Waals surface area contributed by atoms with Gasteiger partial charge in [0, 0.05) is 7.05 Å². The second-order valence-corrected chi connectivity index (χ2v) is 5.69. The first-order valence-electron chi connectivity index (χ1n) is 5.90. The largest absolute Gasteiger partial charge is 0.478 e. The van der Waals surface area contributed by atoms with Crippen LogP contribution in [0.3, 0.4) is 0 Å². The SMILES string of the molecule is Cn1c(=S)[nH]c(=O)c2c(C(=O)O)cc(-c3cccs3)nc21. The first kappa shape index (κ1) is 13.7. The van der Waals surface area contributed by atoms with Gasteiger partial charge in [0.1, 0.15) is 5.65 Å². The highest BCUT2D eigenvalue weighted by Gasteiger charge is 2.18. The topological polar surface area (TPSA) is 88.0 Å². The molecule has 3 heterocycles. The van der Waals surface area contributed by atoms with Crippen LogP contribution in [-0.2, 0) is 7.05 Å². The van der Waals surface area contributed by atoms with Gasteiger partial charge in [0.25, 0.3) is 5.56 Å². The van der Waals surface area contributed by atoms with E-state index in [1.807, 2.05) is 17.5 Å². The highest BCUT2D eigenvalue weighted by Crippen LogP contribution is 2.26. The van der Waals surface area contributed by atoms with Gasteiger partial charge in [-0.05, 0) is 29.7 Å². The zero-order valence-electron chi connectivity index (χ0n) is 10.8. The van der Waals surface area contributed by atoms with Gasteiger partial charge in [-0.3, -0.25) is 9.78 Å². The van der Waals surface area contributed by atoms with Crippen molar-refractivity contribution in [3.63, 3.8) is 0 Å². The molecule has 0 fully saturated rings. The third-order valence-corrected chi connectivity index (χ3v) is 4.34. The van der Waals surface area contributed by atoms with E-state index in [-0.39, 0.29) is 21.4 Å². The molecule has 8 heteroatoms. The van der Waals surface area contributed by atoms with Gasteiger partial charge >= 0.3 is 5.97 Å².